The summed E-state index contributed by atoms with van der Waals surface area (Å²) in [6, 6.07) is 6.13. The van der Waals surface area contributed by atoms with E-state index in [-0.39, 0.29) is 11.8 Å². The molecule has 0 saturated carbocycles. The molecule has 0 aliphatic heterocycles. The van der Waals surface area contributed by atoms with Crippen LogP contribution in [0.25, 0.3) is 5.69 Å². The largest absolute Gasteiger partial charge is 0.467 e. The van der Waals surface area contributed by atoms with E-state index >= 15 is 0 Å². The first-order chi connectivity index (χ1) is 11.1. The predicted molar refractivity (Wildman–Crippen MR) is 81.9 cm³/mol. The van der Waals surface area contributed by atoms with E-state index in [0.29, 0.717) is 11.3 Å². The summed E-state index contributed by atoms with van der Waals surface area (Å²) in [6.07, 6.45) is 2.18. The molecule has 0 aliphatic carbocycles. The molecular weight excluding hydrogens is 298 g/mol. The Hall–Kier alpha value is -2.77. The van der Waals surface area contributed by atoms with E-state index in [9.17, 15) is 9.59 Å². The van der Waals surface area contributed by atoms with Gasteiger partial charge in [-0.25, -0.2) is 9.48 Å². The minimum atomic E-state index is -0.686. The second-order valence-electron chi connectivity index (χ2n) is 5.16. The molecule has 0 bridgehead atoms. The number of hydrogen-bond acceptors (Lipinski definition) is 6. The van der Waals surface area contributed by atoms with Gasteiger partial charge in [-0.15, -0.1) is 5.10 Å². The molecular formula is C15H19N5O3. The van der Waals surface area contributed by atoms with Crippen LogP contribution in [0.4, 0.5) is 0 Å². The van der Waals surface area contributed by atoms with Crippen molar-refractivity contribution in [2.75, 3.05) is 7.11 Å². The van der Waals surface area contributed by atoms with Crippen molar-refractivity contribution < 1.29 is 14.3 Å². The normalized spacial score (nSPS) is 13.2. The molecule has 8 nitrogen and oxygen atoms in total. The molecule has 1 aromatic carbocycles. The van der Waals surface area contributed by atoms with Crippen LogP contribution in [0.5, 0.6) is 0 Å². The summed E-state index contributed by atoms with van der Waals surface area (Å²) >= 11 is 0. The molecule has 2 atom stereocenters. The van der Waals surface area contributed by atoms with Crippen molar-refractivity contribution in [3.05, 3.63) is 36.2 Å². The van der Waals surface area contributed by atoms with Gasteiger partial charge >= 0.3 is 5.97 Å². The van der Waals surface area contributed by atoms with E-state index in [4.69, 9.17) is 4.74 Å². The second kappa shape index (κ2) is 7.48. The fourth-order valence-electron chi connectivity index (χ4n) is 2.09. The predicted octanol–water partition coefficient (Wildman–Crippen LogP) is 0.980. The smallest absolute Gasteiger partial charge is 0.328 e. The third-order valence-corrected chi connectivity index (χ3v) is 3.68. The molecule has 8 heteroatoms. The Balaban J connectivity index is 2.19. The lowest BCUT2D eigenvalue weighted by molar-refractivity contribution is -0.144. The van der Waals surface area contributed by atoms with E-state index in [1.54, 1.807) is 24.3 Å². The molecule has 1 amide bonds. The number of tetrazole rings is 1. The Morgan fingerprint density at radius 1 is 1.39 bits per heavy atom. The molecule has 0 saturated heterocycles. The van der Waals surface area contributed by atoms with Gasteiger partial charge in [-0.3, -0.25) is 4.79 Å². The lowest BCUT2D eigenvalue weighted by Crippen LogP contribution is -2.45. The monoisotopic (exact) mass is 317 g/mol. The van der Waals surface area contributed by atoms with Gasteiger partial charge in [0.1, 0.15) is 12.4 Å². The van der Waals surface area contributed by atoms with Crippen molar-refractivity contribution in [2.45, 2.75) is 26.3 Å². The van der Waals surface area contributed by atoms with E-state index in [1.807, 2.05) is 13.8 Å². The first-order valence-electron chi connectivity index (χ1n) is 7.29. The highest BCUT2D eigenvalue weighted by atomic mass is 16.5. The Morgan fingerprint density at radius 2 is 2.17 bits per heavy atom. The highest BCUT2D eigenvalue weighted by Gasteiger charge is 2.27. The Bertz CT molecular complexity index is 672. The Kier molecular flexibility index (Phi) is 5.40. The van der Waals surface area contributed by atoms with Crippen LogP contribution in [0, 0.1) is 5.92 Å². The molecule has 122 valence electrons. The van der Waals surface area contributed by atoms with Crippen molar-refractivity contribution in [1.82, 2.24) is 25.5 Å². The third-order valence-electron chi connectivity index (χ3n) is 3.68. The summed E-state index contributed by atoms with van der Waals surface area (Å²) < 4.78 is 6.22. The molecule has 0 fully saturated rings. The number of methoxy groups -OCH3 is 1. The van der Waals surface area contributed by atoms with E-state index in [1.165, 1.54) is 18.1 Å². The van der Waals surface area contributed by atoms with Gasteiger partial charge in [-0.05, 0) is 34.5 Å². The molecule has 2 aromatic rings. The van der Waals surface area contributed by atoms with Crippen LogP contribution in [0.2, 0.25) is 0 Å². The van der Waals surface area contributed by atoms with Gasteiger partial charge in [0, 0.05) is 5.56 Å². The fraction of sp³-hybridized carbons (Fsp3) is 0.400. The summed E-state index contributed by atoms with van der Waals surface area (Å²) in [6.45, 7) is 3.84. The lowest BCUT2D eigenvalue weighted by atomic mass is 9.99. The maximum Gasteiger partial charge on any atom is 0.328 e. The quantitative estimate of drug-likeness (QED) is 0.797. The van der Waals surface area contributed by atoms with Crippen LogP contribution in [0.3, 0.4) is 0 Å². The molecule has 23 heavy (non-hydrogen) atoms. The first-order valence-corrected chi connectivity index (χ1v) is 7.29. The standard InChI is InChI=1S/C15H19N5O3/c1-4-10(2)13(15(22)23-3)17-14(21)11-6-5-7-12(8-11)20-9-16-18-19-20/h5-10,13H,4H2,1-3H3,(H,17,21)/t10-,13-/m0/s1. The number of rotatable bonds is 6. The molecule has 0 unspecified atom stereocenters. The van der Waals surface area contributed by atoms with Gasteiger partial charge in [0.2, 0.25) is 0 Å². The number of esters is 1. The SMILES string of the molecule is CC[C@H](C)[C@H](NC(=O)c1cccc(-n2cnnn2)c1)C(=O)OC. The van der Waals surface area contributed by atoms with Crippen LogP contribution < -0.4 is 5.32 Å². The first kappa shape index (κ1) is 16.6. The van der Waals surface area contributed by atoms with Crippen LogP contribution in [-0.4, -0.2) is 45.2 Å². The zero-order valence-corrected chi connectivity index (χ0v) is 13.3. The van der Waals surface area contributed by atoms with Crippen molar-refractivity contribution in [3.8, 4) is 5.69 Å². The van der Waals surface area contributed by atoms with Gasteiger partial charge in [0.15, 0.2) is 0 Å². The minimum absolute atomic E-state index is 0.0332. The zero-order chi connectivity index (χ0) is 16.8. The second-order valence-corrected chi connectivity index (χ2v) is 5.16. The Labute approximate surface area is 133 Å². The summed E-state index contributed by atoms with van der Waals surface area (Å²) in [5.74, 6) is -0.839. The summed E-state index contributed by atoms with van der Waals surface area (Å²) in [5.41, 5.74) is 1.07. The fourth-order valence-corrected chi connectivity index (χ4v) is 2.09. The molecule has 0 spiro atoms. The molecule has 1 aromatic heterocycles. The number of benzene rings is 1. The van der Waals surface area contributed by atoms with Crippen LogP contribution in [0.1, 0.15) is 30.6 Å². The van der Waals surface area contributed by atoms with Crippen molar-refractivity contribution in [1.29, 1.82) is 0 Å². The zero-order valence-electron chi connectivity index (χ0n) is 13.3. The molecule has 1 heterocycles. The van der Waals surface area contributed by atoms with Crippen LogP contribution in [-0.2, 0) is 9.53 Å². The number of amides is 1. The average molecular weight is 317 g/mol. The van der Waals surface area contributed by atoms with Gasteiger partial charge < -0.3 is 10.1 Å². The van der Waals surface area contributed by atoms with Gasteiger partial charge in [0.25, 0.3) is 5.91 Å². The average Bonchev–Trinajstić information content (AvgIpc) is 3.12. The maximum atomic E-state index is 12.4. The van der Waals surface area contributed by atoms with Crippen LogP contribution >= 0.6 is 0 Å². The third kappa shape index (κ3) is 3.91. The minimum Gasteiger partial charge on any atom is -0.467 e. The number of nitrogens with zero attached hydrogens (tertiary/aromatic N) is 4. The summed E-state index contributed by atoms with van der Waals surface area (Å²) in [5, 5.41) is 13.6. The number of nitrogens with one attached hydrogen (secondary N) is 1. The number of aromatic nitrogens is 4. The van der Waals surface area contributed by atoms with Gasteiger partial charge in [-0.1, -0.05) is 26.3 Å². The molecule has 0 radical (unpaired) electrons. The topological polar surface area (TPSA) is 99.0 Å². The summed E-state index contributed by atoms with van der Waals surface area (Å²) in [4.78, 5) is 24.3. The lowest BCUT2D eigenvalue weighted by Gasteiger charge is -2.21. The van der Waals surface area contributed by atoms with E-state index < -0.39 is 12.0 Å². The van der Waals surface area contributed by atoms with Crippen LogP contribution in [0.15, 0.2) is 30.6 Å². The number of hydrogen-bond donors (Lipinski definition) is 1. The molecule has 2 rings (SSSR count). The highest BCUT2D eigenvalue weighted by Crippen LogP contribution is 2.12. The van der Waals surface area contributed by atoms with Crippen molar-refractivity contribution in [3.63, 3.8) is 0 Å². The van der Waals surface area contributed by atoms with Crippen molar-refractivity contribution in [2.24, 2.45) is 5.92 Å². The van der Waals surface area contributed by atoms with E-state index in [0.717, 1.165) is 6.42 Å². The number of carbonyl (C=O) groups excluding carboxylic acids is 2. The highest BCUT2D eigenvalue weighted by molar-refractivity contribution is 5.97. The van der Waals surface area contributed by atoms with Crippen molar-refractivity contribution >= 4 is 11.9 Å². The Morgan fingerprint density at radius 3 is 2.78 bits per heavy atom. The van der Waals surface area contributed by atoms with Gasteiger partial charge in [-0.2, -0.15) is 0 Å². The van der Waals surface area contributed by atoms with Gasteiger partial charge in [0.05, 0.1) is 12.8 Å². The number of ether oxygens (including phenoxy) is 1. The summed E-state index contributed by atoms with van der Waals surface area (Å²) in [7, 11) is 1.31. The molecule has 0 aliphatic rings. The van der Waals surface area contributed by atoms with E-state index in [2.05, 4.69) is 20.8 Å². The number of carbonyl (C=O) groups is 2. The molecule has 1 N–H and O–H groups in total. The maximum absolute atomic E-state index is 12.4.